The average Bonchev–Trinajstić information content (AvgIpc) is 3.28. The first-order valence-electron chi connectivity index (χ1n) is 12.3. The zero-order valence-electron chi connectivity index (χ0n) is 20.8. The first kappa shape index (κ1) is 27.5. The van der Waals surface area contributed by atoms with E-state index in [1.807, 2.05) is 47.9 Å². The smallest absolute Gasteiger partial charge is 0.253 e. The number of rotatable bonds is 6. The molecule has 2 aromatic heterocycles. The van der Waals surface area contributed by atoms with Crippen molar-refractivity contribution in [3.63, 3.8) is 0 Å². The second kappa shape index (κ2) is 11.2. The molecule has 1 fully saturated rings. The van der Waals surface area contributed by atoms with Gasteiger partial charge in [0.1, 0.15) is 24.4 Å². The van der Waals surface area contributed by atoms with Crippen molar-refractivity contribution in [3.05, 3.63) is 87.8 Å². The maximum absolute atomic E-state index is 13.5. The molecule has 3 heterocycles. The molecule has 39 heavy (non-hydrogen) atoms. The molecule has 2 aromatic carbocycles. The molecule has 0 saturated carbocycles. The molecule has 9 nitrogen and oxygen atoms in total. The molecule has 1 aliphatic heterocycles. The fourth-order valence-corrected chi connectivity index (χ4v) is 5.06. The maximum Gasteiger partial charge on any atom is 0.253 e. The van der Waals surface area contributed by atoms with Crippen LogP contribution in [0.15, 0.2) is 60.9 Å². The molecule has 11 heteroatoms. The van der Waals surface area contributed by atoms with E-state index in [9.17, 15) is 25.2 Å². The number of fused-ring (bicyclic) bond motifs is 1. The van der Waals surface area contributed by atoms with Gasteiger partial charge < -0.3 is 35.0 Å². The summed E-state index contributed by atoms with van der Waals surface area (Å²) in [6.07, 6.45) is -2.39. The number of halogens is 2. The van der Waals surface area contributed by atoms with E-state index in [1.165, 1.54) is 0 Å². The highest BCUT2D eigenvalue weighted by Gasteiger charge is 2.44. The Balaban J connectivity index is 1.53. The number of carbonyl (C=O) groups is 1. The van der Waals surface area contributed by atoms with Gasteiger partial charge in [0.15, 0.2) is 6.29 Å². The number of benzene rings is 2. The lowest BCUT2D eigenvalue weighted by Crippen LogP contribution is -2.64. The minimum Gasteiger partial charge on any atom is -0.394 e. The zero-order valence-corrected chi connectivity index (χ0v) is 22.3. The van der Waals surface area contributed by atoms with Crippen LogP contribution >= 0.6 is 23.2 Å². The number of hydrogen-bond acceptors (Lipinski definition) is 7. The summed E-state index contributed by atoms with van der Waals surface area (Å²) in [6.45, 7) is 1.69. The molecular formula is C28H27Cl2N3O6. The van der Waals surface area contributed by atoms with E-state index in [1.54, 1.807) is 24.5 Å². The van der Waals surface area contributed by atoms with E-state index in [4.69, 9.17) is 27.9 Å². The first-order valence-corrected chi connectivity index (χ1v) is 13.0. The van der Waals surface area contributed by atoms with E-state index in [-0.39, 0.29) is 5.56 Å². The molecule has 204 valence electrons. The number of aliphatic hydroxyl groups excluding tert-OH is 4. The van der Waals surface area contributed by atoms with Gasteiger partial charge in [-0.15, -0.1) is 0 Å². The summed E-state index contributed by atoms with van der Waals surface area (Å²) < 4.78 is 7.08. The predicted molar refractivity (Wildman–Crippen MR) is 147 cm³/mol. The highest BCUT2D eigenvalue weighted by Crippen LogP contribution is 2.30. The number of amides is 1. The quantitative estimate of drug-likeness (QED) is 0.240. The zero-order chi connectivity index (χ0) is 27.8. The van der Waals surface area contributed by atoms with Crippen molar-refractivity contribution in [2.75, 3.05) is 6.61 Å². The standard InChI is InChI=1S/C28H27Cl2N3O6/c1-14-2-4-17(10-31-14)16-5-6-18-19(27(37)32-24-26(36)25(35)23(13-34)39-28(24)38)12-33(22(18)9-16)11-15-3-7-20(29)21(30)8-15/h2-10,12,23-26,28,34-36,38H,11,13H2,1H3,(H,32,37)/t23-,24-,25-,26-,28?/m1/s1. The third kappa shape index (κ3) is 5.53. The molecule has 1 unspecified atom stereocenters. The van der Waals surface area contributed by atoms with E-state index >= 15 is 0 Å². The van der Waals surface area contributed by atoms with Crippen molar-refractivity contribution in [2.24, 2.45) is 0 Å². The molecule has 5 N–H and O–H groups in total. The molecule has 0 aliphatic carbocycles. The van der Waals surface area contributed by atoms with Gasteiger partial charge >= 0.3 is 0 Å². The highest BCUT2D eigenvalue weighted by atomic mass is 35.5. The van der Waals surface area contributed by atoms with Crippen LogP contribution in [0.1, 0.15) is 21.6 Å². The Labute approximate surface area is 234 Å². The Hall–Kier alpha value is -3.02. The summed E-state index contributed by atoms with van der Waals surface area (Å²) >= 11 is 12.3. The number of ether oxygens (including phenoxy) is 1. The molecule has 0 radical (unpaired) electrons. The second-order valence-corrected chi connectivity index (χ2v) is 10.4. The first-order chi connectivity index (χ1) is 18.7. The summed E-state index contributed by atoms with van der Waals surface area (Å²) in [5.41, 5.74) is 4.62. The fourth-order valence-electron chi connectivity index (χ4n) is 4.74. The lowest BCUT2D eigenvalue weighted by Gasteiger charge is -2.40. The lowest BCUT2D eigenvalue weighted by atomic mass is 9.96. The van der Waals surface area contributed by atoms with Crippen LogP contribution in [-0.4, -0.2) is 73.1 Å². The van der Waals surface area contributed by atoms with Crippen LogP contribution in [0, 0.1) is 6.92 Å². The van der Waals surface area contributed by atoms with Gasteiger partial charge in [0.05, 0.1) is 22.2 Å². The molecule has 0 spiro atoms. The molecule has 1 saturated heterocycles. The van der Waals surface area contributed by atoms with Gasteiger partial charge in [-0.2, -0.15) is 0 Å². The molecule has 4 aromatic rings. The average molecular weight is 572 g/mol. The summed E-state index contributed by atoms with van der Waals surface area (Å²) in [7, 11) is 0. The number of aliphatic hydroxyl groups is 4. The molecule has 1 amide bonds. The van der Waals surface area contributed by atoms with Gasteiger partial charge in [-0.1, -0.05) is 47.5 Å². The van der Waals surface area contributed by atoms with Gasteiger partial charge in [-0.25, -0.2) is 0 Å². The Kier molecular flexibility index (Phi) is 7.93. The van der Waals surface area contributed by atoms with Crippen molar-refractivity contribution in [1.29, 1.82) is 0 Å². The minimum atomic E-state index is -1.63. The van der Waals surface area contributed by atoms with Crippen LogP contribution in [0.2, 0.25) is 10.0 Å². The van der Waals surface area contributed by atoms with Gasteiger partial charge in [0.2, 0.25) is 0 Å². The summed E-state index contributed by atoms with van der Waals surface area (Å²) in [5, 5.41) is 44.4. The number of pyridine rings is 1. The van der Waals surface area contributed by atoms with Crippen LogP contribution in [0.5, 0.6) is 0 Å². The Morgan fingerprint density at radius 3 is 2.49 bits per heavy atom. The van der Waals surface area contributed by atoms with Gasteiger partial charge in [0.25, 0.3) is 5.91 Å². The Bertz CT molecular complexity index is 1510. The van der Waals surface area contributed by atoms with Crippen molar-refractivity contribution >= 4 is 40.0 Å². The normalized spacial score (nSPS) is 23.2. The van der Waals surface area contributed by atoms with Gasteiger partial charge in [-0.3, -0.25) is 9.78 Å². The number of aryl methyl sites for hydroxylation is 1. The second-order valence-electron chi connectivity index (χ2n) is 9.57. The number of nitrogens with zero attached hydrogens (tertiary/aromatic N) is 2. The van der Waals surface area contributed by atoms with Crippen molar-refractivity contribution in [3.8, 4) is 11.1 Å². The number of aromatic nitrogens is 2. The van der Waals surface area contributed by atoms with E-state index < -0.39 is 43.2 Å². The predicted octanol–water partition coefficient (Wildman–Crippen LogP) is 2.90. The van der Waals surface area contributed by atoms with Gasteiger partial charge in [0, 0.05) is 41.1 Å². The SMILES string of the molecule is Cc1ccc(-c2ccc3c(C(=O)N[C@H]4C(O)O[C@H](CO)[C@@H](O)[C@@H]4O)cn(Cc4ccc(Cl)c(Cl)c4)c3c2)cn1. The number of carbonyl (C=O) groups excluding carboxylic acids is 1. The minimum absolute atomic E-state index is 0.289. The van der Waals surface area contributed by atoms with E-state index in [0.717, 1.165) is 27.9 Å². The van der Waals surface area contributed by atoms with Crippen molar-refractivity contribution in [1.82, 2.24) is 14.9 Å². The maximum atomic E-state index is 13.5. The third-order valence-corrected chi connectivity index (χ3v) is 7.65. The summed E-state index contributed by atoms with van der Waals surface area (Å²) in [4.78, 5) is 17.8. The molecule has 0 bridgehead atoms. The Morgan fingerprint density at radius 2 is 1.79 bits per heavy atom. The van der Waals surface area contributed by atoms with Crippen LogP contribution < -0.4 is 5.32 Å². The molecule has 5 rings (SSSR count). The lowest BCUT2D eigenvalue weighted by molar-refractivity contribution is -0.252. The van der Waals surface area contributed by atoms with Crippen LogP contribution in [0.3, 0.4) is 0 Å². The van der Waals surface area contributed by atoms with Crippen LogP contribution in [0.25, 0.3) is 22.0 Å². The largest absolute Gasteiger partial charge is 0.394 e. The Morgan fingerprint density at radius 1 is 1.03 bits per heavy atom. The highest BCUT2D eigenvalue weighted by molar-refractivity contribution is 6.42. The van der Waals surface area contributed by atoms with E-state index in [2.05, 4.69) is 10.3 Å². The van der Waals surface area contributed by atoms with E-state index in [0.29, 0.717) is 22.0 Å². The number of nitrogens with one attached hydrogen (secondary N) is 1. The fraction of sp³-hybridized carbons (Fsp3) is 0.286. The van der Waals surface area contributed by atoms with Gasteiger partial charge in [-0.05, 0) is 42.3 Å². The van der Waals surface area contributed by atoms with Crippen molar-refractivity contribution in [2.45, 2.75) is 44.1 Å². The number of hydrogen-bond donors (Lipinski definition) is 5. The molecule has 1 aliphatic rings. The van der Waals surface area contributed by atoms with Crippen molar-refractivity contribution < 1.29 is 30.0 Å². The summed E-state index contributed by atoms with van der Waals surface area (Å²) in [5.74, 6) is -0.584. The van der Waals surface area contributed by atoms with Crippen LogP contribution in [-0.2, 0) is 11.3 Å². The molecule has 5 atom stereocenters. The summed E-state index contributed by atoms with van der Waals surface area (Å²) in [6, 6.07) is 13.6. The van der Waals surface area contributed by atoms with Crippen LogP contribution in [0.4, 0.5) is 0 Å². The monoisotopic (exact) mass is 571 g/mol. The topological polar surface area (TPSA) is 137 Å². The molecular weight excluding hydrogens is 545 g/mol. The third-order valence-electron chi connectivity index (χ3n) is 6.91.